The van der Waals surface area contributed by atoms with Gasteiger partial charge in [-0.3, -0.25) is 0 Å². The number of aliphatic hydroxyl groups excluding tert-OH is 1. The second-order valence-corrected chi connectivity index (χ2v) is 13.8. The molecule has 2 unspecified atom stereocenters. The molecule has 0 radical (unpaired) electrons. The third kappa shape index (κ3) is 8.68. The topological polar surface area (TPSA) is 150 Å². The van der Waals surface area contributed by atoms with Crippen LogP contribution in [0, 0.1) is 22.7 Å². The normalized spacial score (nSPS) is 21.5. The second kappa shape index (κ2) is 14.5. The van der Waals surface area contributed by atoms with Gasteiger partial charge in [0, 0.05) is 32.2 Å². The fraction of sp³-hybridized carbons (Fsp3) is 0.548. The summed E-state index contributed by atoms with van der Waals surface area (Å²) in [5, 5.41) is 26.5. The largest absolute Gasteiger partial charge is 0.443 e. The molecule has 0 aliphatic carbocycles. The Morgan fingerprint density at radius 1 is 1.21 bits per heavy atom. The van der Waals surface area contributed by atoms with E-state index < -0.39 is 39.8 Å². The van der Waals surface area contributed by atoms with Crippen LogP contribution in [0.15, 0.2) is 59.5 Å². The molecule has 5 atom stereocenters. The number of anilines is 1. The van der Waals surface area contributed by atoms with Crippen LogP contribution >= 0.6 is 0 Å². The number of carbonyl (C=O) groups excluding carboxylic acids is 1. The van der Waals surface area contributed by atoms with Gasteiger partial charge in [0.15, 0.2) is 6.29 Å². The quantitative estimate of drug-likeness (QED) is 0.291. The van der Waals surface area contributed by atoms with E-state index in [0.29, 0.717) is 18.7 Å². The van der Waals surface area contributed by atoms with Gasteiger partial charge in [-0.2, -0.15) is 9.57 Å². The molecular weight excluding hydrogens is 572 g/mol. The molecule has 2 heterocycles. The lowest BCUT2D eigenvalue weighted by molar-refractivity contribution is -0.0907. The van der Waals surface area contributed by atoms with Crippen LogP contribution in [0.4, 0.5) is 10.5 Å². The van der Waals surface area contributed by atoms with Crippen LogP contribution in [0.25, 0.3) is 0 Å². The van der Waals surface area contributed by atoms with E-state index in [4.69, 9.17) is 19.5 Å². The van der Waals surface area contributed by atoms with Gasteiger partial charge in [-0.25, -0.2) is 13.2 Å². The molecule has 1 amide bonds. The number of fused-ring (bicyclic) bond motifs is 1. The summed E-state index contributed by atoms with van der Waals surface area (Å²) in [5.74, 6) is -0.0482. The lowest BCUT2D eigenvalue weighted by Gasteiger charge is -2.35. The van der Waals surface area contributed by atoms with E-state index in [-0.39, 0.29) is 49.6 Å². The summed E-state index contributed by atoms with van der Waals surface area (Å²) >= 11 is 0. The van der Waals surface area contributed by atoms with E-state index in [1.807, 2.05) is 44.2 Å². The Bertz CT molecular complexity index is 1370. The van der Waals surface area contributed by atoms with Crippen molar-refractivity contribution in [3.63, 3.8) is 0 Å². The predicted molar refractivity (Wildman–Crippen MR) is 161 cm³/mol. The summed E-state index contributed by atoms with van der Waals surface area (Å²) in [4.78, 5) is 13.2. The number of hydrogen-bond acceptors (Lipinski definition) is 9. The van der Waals surface area contributed by atoms with Gasteiger partial charge in [0.2, 0.25) is 10.0 Å². The molecule has 0 saturated carbocycles. The fourth-order valence-corrected chi connectivity index (χ4v) is 7.21. The number of nitrogens with one attached hydrogen (secondary N) is 2. The van der Waals surface area contributed by atoms with Crippen molar-refractivity contribution >= 4 is 21.8 Å². The number of rotatable bonds is 14. The van der Waals surface area contributed by atoms with E-state index in [1.165, 1.54) is 16.4 Å². The van der Waals surface area contributed by atoms with Crippen molar-refractivity contribution in [3.05, 3.63) is 60.2 Å². The number of carbonyl (C=O) groups is 1. The molecule has 12 heteroatoms. The zero-order valence-electron chi connectivity index (χ0n) is 24.9. The van der Waals surface area contributed by atoms with Crippen LogP contribution < -0.4 is 10.6 Å². The first kappa shape index (κ1) is 32.7. The number of ether oxygens (including phenoxy) is 3. The highest BCUT2D eigenvalue weighted by Gasteiger charge is 2.44. The minimum Gasteiger partial charge on any atom is -0.443 e. The van der Waals surface area contributed by atoms with Crippen LogP contribution in [-0.2, 0) is 30.7 Å². The number of benzene rings is 2. The minimum absolute atomic E-state index is 0.0482. The number of amides is 1. The van der Waals surface area contributed by atoms with E-state index in [9.17, 15) is 18.3 Å². The third-order valence-electron chi connectivity index (χ3n) is 7.98. The smallest absolute Gasteiger partial charge is 0.407 e. The SMILES string of the molecule is CNc1cccc(S(=O)(=O)N(C[C@@H](O)[C@H](Cc2ccccc2)NC(=O)O[C@@H]2COC3OCCC32)CC(C)(C)CCC#N)c1. The van der Waals surface area contributed by atoms with Crippen LogP contribution in [0.5, 0.6) is 0 Å². The molecule has 2 fully saturated rings. The Labute approximate surface area is 254 Å². The molecule has 3 N–H and O–H groups in total. The van der Waals surface area contributed by atoms with Gasteiger partial charge in [0.25, 0.3) is 0 Å². The van der Waals surface area contributed by atoms with Crippen molar-refractivity contribution in [2.45, 2.75) is 69.0 Å². The Morgan fingerprint density at radius 2 is 1.98 bits per heavy atom. The minimum atomic E-state index is -4.07. The Balaban J connectivity index is 1.57. The first-order chi connectivity index (χ1) is 20.5. The maximum atomic E-state index is 14.0. The van der Waals surface area contributed by atoms with E-state index in [0.717, 1.165) is 12.0 Å². The highest BCUT2D eigenvalue weighted by Crippen LogP contribution is 2.33. The van der Waals surface area contributed by atoms with Crippen LogP contribution in [-0.4, -0.2) is 81.8 Å². The highest BCUT2D eigenvalue weighted by molar-refractivity contribution is 7.89. The molecule has 2 aromatic carbocycles. The first-order valence-corrected chi connectivity index (χ1v) is 16.0. The molecule has 0 spiro atoms. The summed E-state index contributed by atoms with van der Waals surface area (Å²) in [6, 6.07) is 17.1. The molecule has 2 aliphatic heterocycles. The average molecular weight is 615 g/mol. The number of alkyl carbamates (subject to hydrolysis) is 1. The summed E-state index contributed by atoms with van der Waals surface area (Å²) in [6.45, 7) is 4.32. The monoisotopic (exact) mass is 614 g/mol. The number of sulfonamides is 1. The molecule has 2 aromatic rings. The Morgan fingerprint density at radius 3 is 2.70 bits per heavy atom. The fourth-order valence-electron chi connectivity index (χ4n) is 5.52. The van der Waals surface area contributed by atoms with Crippen molar-refractivity contribution < 1.29 is 32.5 Å². The highest BCUT2D eigenvalue weighted by atomic mass is 32.2. The van der Waals surface area contributed by atoms with Gasteiger partial charge in [0.1, 0.15) is 6.10 Å². The number of nitriles is 1. The van der Waals surface area contributed by atoms with Crippen molar-refractivity contribution in [1.82, 2.24) is 9.62 Å². The molecule has 43 heavy (non-hydrogen) atoms. The van der Waals surface area contributed by atoms with Crippen LogP contribution in [0.1, 0.15) is 38.7 Å². The summed E-state index contributed by atoms with van der Waals surface area (Å²) in [5.41, 5.74) is 0.917. The van der Waals surface area contributed by atoms with E-state index >= 15 is 0 Å². The Hall–Kier alpha value is -3.21. The van der Waals surface area contributed by atoms with Crippen molar-refractivity contribution in [2.75, 3.05) is 38.7 Å². The van der Waals surface area contributed by atoms with Gasteiger partial charge in [-0.15, -0.1) is 0 Å². The Kier molecular flexibility index (Phi) is 11.0. The summed E-state index contributed by atoms with van der Waals surface area (Å²) < 4.78 is 46.1. The lowest BCUT2D eigenvalue weighted by Crippen LogP contribution is -2.52. The molecule has 0 bridgehead atoms. The van der Waals surface area contributed by atoms with Gasteiger partial charge < -0.3 is 30.0 Å². The molecule has 2 aliphatic rings. The first-order valence-electron chi connectivity index (χ1n) is 14.6. The maximum Gasteiger partial charge on any atom is 0.407 e. The van der Waals surface area contributed by atoms with Crippen molar-refractivity contribution in [2.24, 2.45) is 11.3 Å². The molecule has 2 saturated heterocycles. The standard InChI is InChI=1S/C31H42N4O7S/c1-31(2,14-8-15-32)21-35(43(38,39)24-12-7-11-23(18-24)33-3)19-27(36)26(17-22-9-5-4-6-10-22)34-30(37)42-28-20-41-29-25(28)13-16-40-29/h4-7,9-12,18,25-29,33,36H,8,13-14,16-17,19-21H2,1-3H3,(H,34,37)/t25?,26-,27+,28+,29?/m0/s1. The van der Waals surface area contributed by atoms with E-state index in [2.05, 4.69) is 16.7 Å². The van der Waals surface area contributed by atoms with Gasteiger partial charge in [-0.1, -0.05) is 50.2 Å². The number of nitrogens with zero attached hydrogens (tertiary/aromatic N) is 2. The predicted octanol–water partition coefficient (Wildman–Crippen LogP) is 3.51. The average Bonchev–Trinajstić information content (AvgIpc) is 3.61. The molecule has 11 nitrogen and oxygen atoms in total. The maximum absolute atomic E-state index is 14.0. The van der Waals surface area contributed by atoms with Crippen molar-refractivity contribution in [1.29, 1.82) is 5.26 Å². The van der Waals surface area contributed by atoms with Gasteiger partial charge in [-0.05, 0) is 48.4 Å². The van der Waals surface area contributed by atoms with Crippen LogP contribution in [0.3, 0.4) is 0 Å². The third-order valence-corrected chi connectivity index (χ3v) is 9.79. The molecular formula is C31H42N4O7S. The number of hydrogen-bond donors (Lipinski definition) is 3. The van der Waals surface area contributed by atoms with Gasteiger partial charge >= 0.3 is 6.09 Å². The zero-order valence-corrected chi connectivity index (χ0v) is 25.8. The van der Waals surface area contributed by atoms with Crippen LogP contribution in [0.2, 0.25) is 0 Å². The van der Waals surface area contributed by atoms with Crippen molar-refractivity contribution in [3.8, 4) is 6.07 Å². The summed E-state index contributed by atoms with van der Waals surface area (Å²) in [6.07, 6.45) is -1.16. The zero-order chi connectivity index (χ0) is 31.0. The molecule has 234 valence electrons. The van der Waals surface area contributed by atoms with Gasteiger partial charge in [0.05, 0.1) is 42.2 Å². The lowest BCUT2D eigenvalue weighted by atomic mass is 9.88. The number of aliphatic hydroxyl groups is 1. The van der Waals surface area contributed by atoms with E-state index in [1.54, 1.807) is 19.2 Å². The molecule has 4 rings (SSSR count). The second-order valence-electron chi connectivity index (χ2n) is 11.9. The summed E-state index contributed by atoms with van der Waals surface area (Å²) in [7, 11) is -2.37. The molecule has 0 aromatic heterocycles.